The molecule has 0 bridgehead atoms. The number of halogens is 2. The molecule has 2 aromatic carbocycles. The Labute approximate surface area is 155 Å². The van der Waals surface area contributed by atoms with Gasteiger partial charge in [-0.2, -0.15) is 5.10 Å². The molecule has 2 amide bonds. The molecule has 1 N–H and O–H groups in total. The van der Waals surface area contributed by atoms with Crippen LogP contribution in [0.25, 0.3) is 0 Å². The lowest BCUT2D eigenvalue weighted by Crippen LogP contribution is -2.41. The first kappa shape index (κ1) is 17.2. The second-order valence-corrected chi connectivity index (χ2v) is 6.61. The number of nitrogens with one attached hydrogen (secondary N) is 1. The number of aromatic nitrogens is 2. The van der Waals surface area contributed by atoms with Gasteiger partial charge in [-0.15, -0.1) is 0 Å². The van der Waals surface area contributed by atoms with Gasteiger partial charge < -0.3 is 10.2 Å². The largest absolute Gasteiger partial charge is 0.322 e. The molecule has 0 aliphatic carbocycles. The van der Waals surface area contributed by atoms with Crippen LogP contribution in [0.3, 0.4) is 0 Å². The van der Waals surface area contributed by atoms with Crippen molar-refractivity contribution in [3.63, 3.8) is 0 Å². The predicted molar refractivity (Wildman–Crippen MR) is 97.3 cm³/mol. The molecule has 7 heteroatoms. The van der Waals surface area contributed by atoms with Crippen LogP contribution in [-0.4, -0.2) is 27.3 Å². The Hall–Kier alpha value is -3.22. The number of benzene rings is 2. The molecule has 1 atom stereocenters. The third-order valence-electron chi connectivity index (χ3n) is 4.80. The van der Waals surface area contributed by atoms with Gasteiger partial charge in [-0.3, -0.25) is 4.68 Å². The molecule has 5 nitrogen and oxygen atoms in total. The van der Waals surface area contributed by atoms with Gasteiger partial charge in [0.1, 0.15) is 17.3 Å². The van der Waals surface area contributed by atoms with Crippen molar-refractivity contribution < 1.29 is 13.6 Å². The molecule has 27 heavy (non-hydrogen) atoms. The van der Waals surface area contributed by atoms with Crippen LogP contribution in [0.1, 0.15) is 22.6 Å². The van der Waals surface area contributed by atoms with Gasteiger partial charge in [-0.25, -0.2) is 13.6 Å². The highest BCUT2D eigenvalue weighted by atomic mass is 19.1. The Morgan fingerprint density at radius 3 is 2.59 bits per heavy atom. The summed E-state index contributed by atoms with van der Waals surface area (Å²) in [5.41, 5.74) is 2.69. The summed E-state index contributed by atoms with van der Waals surface area (Å²) in [7, 11) is 1.84. The fourth-order valence-electron chi connectivity index (χ4n) is 3.47. The average Bonchev–Trinajstić information content (AvgIpc) is 3.10. The van der Waals surface area contributed by atoms with Gasteiger partial charge in [0.2, 0.25) is 0 Å². The van der Waals surface area contributed by atoms with E-state index in [1.54, 1.807) is 15.8 Å². The van der Waals surface area contributed by atoms with E-state index in [0.717, 1.165) is 28.8 Å². The lowest BCUT2D eigenvalue weighted by Gasteiger charge is -2.34. The van der Waals surface area contributed by atoms with E-state index >= 15 is 0 Å². The lowest BCUT2D eigenvalue weighted by atomic mass is 9.86. The number of fused-ring (bicyclic) bond motifs is 1. The molecule has 0 spiro atoms. The van der Waals surface area contributed by atoms with E-state index < -0.39 is 23.4 Å². The number of anilines is 1. The van der Waals surface area contributed by atoms with Gasteiger partial charge >= 0.3 is 6.03 Å². The number of nitrogens with zero attached hydrogens (tertiary/aromatic N) is 3. The Morgan fingerprint density at radius 2 is 1.89 bits per heavy atom. The van der Waals surface area contributed by atoms with Crippen LogP contribution in [0.15, 0.2) is 54.9 Å². The minimum absolute atomic E-state index is 0.0557. The highest BCUT2D eigenvalue weighted by Gasteiger charge is 2.30. The van der Waals surface area contributed by atoms with E-state index in [4.69, 9.17) is 0 Å². The van der Waals surface area contributed by atoms with E-state index in [0.29, 0.717) is 13.1 Å². The third kappa shape index (κ3) is 3.28. The van der Waals surface area contributed by atoms with Crippen LogP contribution < -0.4 is 5.32 Å². The summed E-state index contributed by atoms with van der Waals surface area (Å²) in [6.45, 7) is 0.763. The fourth-order valence-corrected chi connectivity index (χ4v) is 3.47. The van der Waals surface area contributed by atoms with Gasteiger partial charge in [0.15, 0.2) is 0 Å². The summed E-state index contributed by atoms with van der Waals surface area (Å²) in [6, 6.07) is 10.8. The number of hydrogen-bond acceptors (Lipinski definition) is 2. The van der Waals surface area contributed by atoms with E-state index in [2.05, 4.69) is 10.4 Å². The molecule has 0 unspecified atom stereocenters. The summed E-state index contributed by atoms with van der Waals surface area (Å²) < 4.78 is 29.5. The SMILES string of the molecule is Cn1cc([C@@H]2CN(C(=O)Nc3c(F)cccc3F)Cc3ccccc32)cn1. The summed E-state index contributed by atoms with van der Waals surface area (Å²) in [5.74, 6) is -1.66. The molecular weight excluding hydrogens is 350 g/mol. The maximum absolute atomic E-state index is 13.9. The zero-order valence-corrected chi connectivity index (χ0v) is 14.7. The molecule has 0 saturated heterocycles. The number of urea groups is 1. The monoisotopic (exact) mass is 368 g/mol. The number of hydrogen-bond donors (Lipinski definition) is 1. The minimum atomic E-state index is -0.801. The molecule has 0 fully saturated rings. The molecule has 4 rings (SSSR count). The Kier molecular flexibility index (Phi) is 4.35. The van der Waals surface area contributed by atoms with Crippen LogP contribution in [-0.2, 0) is 13.6 Å². The van der Waals surface area contributed by atoms with Crippen molar-refractivity contribution in [2.24, 2.45) is 7.05 Å². The Balaban J connectivity index is 1.64. The van der Waals surface area contributed by atoms with Crippen molar-refractivity contribution in [2.45, 2.75) is 12.5 Å². The topological polar surface area (TPSA) is 50.2 Å². The first-order valence-corrected chi connectivity index (χ1v) is 8.59. The normalized spacial score (nSPS) is 16.1. The van der Waals surface area contributed by atoms with Crippen molar-refractivity contribution in [3.05, 3.63) is 83.2 Å². The van der Waals surface area contributed by atoms with E-state index in [-0.39, 0.29) is 5.92 Å². The number of rotatable bonds is 2. The fraction of sp³-hybridized carbons (Fsp3) is 0.200. The second-order valence-electron chi connectivity index (χ2n) is 6.61. The number of amides is 2. The molecule has 3 aromatic rings. The van der Waals surface area contributed by atoms with Crippen molar-refractivity contribution >= 4 is 11.7 Å². The standard InChI is InChI=1S/C20H18F2N4O/c1-25-10-14(9-23-25)16-12-26(11-13-5-2-3-6-15(13)16)20(27)24-19-17(21)7-4-8-18(19)22/h2-10,16H,11-12H2,1H3,(H,24,27)/t16-/m0/s1. The Morgan fingerprint density at radius 1 is 1.15 bits per heavy atom. The van der Waals surface area contributed by atoms with Crippen LogP contribution >= 0.6 is 0 Å². The van der Waals surface area contributed by atoms with E-state index in [1.165, 1.54) is 6.07 Å². The molecule has 2 heterocycles. The predicted octanol–water partition coefficient (Wildman–Crippen LogP) is 3.88. The van der Waals surface area contributed by atoms with Crippen LogP contribution in [0.2, 0.25) is 0 Å². The van der Waals surface area contributed by atoms with Crippen LogP contribution in [0, 0.1) is 11.6 Å². The lowest BCUT2D eigenvalue weighted by molar-refractivity contribution is 0.202. The number of carbonyl (C=O) groups is 1. The maximum atomic E-state index is 13.9. The first-order chi connectivity index (χ1) is 13.0. The molecule has 0 radical (unpaired) electrons. The average molecular weight is 368 g/mol. The number of para-hydroxylation sites is 1. The highest BCUT2D eigenvalue weighted by molar-refractivity contribution is 5.90. The molecular formula is C20H18F2N4O. The van der Waals surface area contributed by atoms with E-state index in [9.17, 15) is 13.6 Å². The summed E-state index contributed by atoms with van der Waals surface area (Å²) in [6.07, 6.45) is 3.69. The number of aryl methyl sites for hydroxylation is 1. The van der Waals surface area contributed by atoms with Crippen molar-refractivity contribution in [3.8, 4) is 0 Å². The zero-order valence-electron chi connectivity index (χ0n) is 14.7. The quantitative estimate of drug-likeness (QED) is 0.746. The van der Waals surface area contributed by atoms with Crippen LogP contribution in [0.5, 0.6) is 0 Å². The van der Waals surface area contributed by atoms with Gasteiger partial charge in [0.25, 0.3) is 0 Å². The van der Waals surface area contributed by atoms with Gasteiger partial charge in [0, 0.05) is 32.3 Å². The van der Waals surface area contributed by atoms with Gasteiger partial charge in [-0.1, -0.05) is 30.3 Å². The molecule has 138 valence electrons. The van der Waals surface area contributed by atoms with Crippen molar-refractivity contribution in [2.75, 3.05) is 11.9 Å². The maximum Gasteiger partial charge on any atom is 0.322 e. The van der Waals surface area contributed by atoms with Gasteiger partial charge in [-0.05, 0) is 28.8 Å². The van der Waals surface area contributed by atoms with Gasteiger partial charge in [0.05, 0.1) is 6.20 Å². The third-order valence-corrected chi connectivity index (χ3v) is 4.80. The number of carbonyl (C=O) groups excluding carboxylic acids is 1. The molecule has 0 saturated carbocycles. The second kappa shape index (κ2) is 6.83. The smallest absolute Gasteiger partial charge is 0.319 e. The molecule has 1 aliphatic heterocycles. The molecule has 1 aromatic heterocycles. The van der Waals surface area contributed by atoms with Crippen LogP contribution in [0.4, 0.5) is 19.3 Å². The van der Waals surface area contributed by atoms with Crippen molar-refractivity contribution in [1.82, 2.24) is 14.7 Å². The summed E-state index contributed by atoms with van der Waals surface area (Å²) >= 11 is 0. The molecule has 1 aliphatic rings. The van der Waals surface area contributed by atoms with Crippen molar-refractivity contribution in [1.29, 1.82) is 0 Å². The van der Waals surface area contributed by atoms with E-state index in [1.807, 2.05) is 37.5 Å². The minimum Gasteiger partial charge on any atom is -0.319 e. The first-order valence-electron chi connectivity index (χ1n) is 8.59. The highest BCUT2D eigenvalue weighted by Crippen LogP contribution is 2.33. The zero-order chi connectivity index (χ0) is 19.0. The Bertz CT molecular complexity index is 981. The summed E-state index contributed by atoms with van der Waals surface area (Å²) in [5, 5.41) is 6.60. The summed E-state index contributed by atoms with van der Waals surface area (Å²) in [4.78, 5) is 14.3.